The van der Waals surface area contributed by atoms with Crippen molar-refractivity contribution >= 4 is 5.97 Å². The van der Waals surface area contributed by atoms with Gasteiger partial charge < -0.3 is 15.3 Å². The van der Waals surface area contributed by atoms with Crippen LogP contribution in [0.2, 0.25) is 0 Å². The molecule has 0 aromatic heterocycles. The van der Waals surface area contributed by atoms with Gasteiger partial charge in [0.25, 0.3) is 0 Å². The van der Waals surface area contributed by atoms with Crippen LogP contribution in [-0.4, -0.2) is 47.2 Å². The molecule has 0 amide bonds. The van der Waals surface area contributed by atoms with Crippen LogP contribution >= 0.6 is 0 Å². The van der Waals surface area contributed by atoms with Crippen LogP contribution in [0.25, 0.3) is 0 Å². The lowest BCUT2D eigenvalue weighted by Gasteiger charge is -2.44. The number of hydrogen-bond acceptors (Lipinski definition) is 3. The Morgan fingerprint density at radius 2 is 2.05 bits per heavy atom. The molecule has 0 bridgehead atoms. The van der Waals surface area contributed by atoms with Crippen molar-refractivity contribution in [3.63, 3.8) is 0 Å². The largest absolute Gasteiger partial charge is 0.480 e. The fourth-order valence-corrected chi connectivity index (χ4v) is 3.90. The fourth-order valence-electron chi connectivity index (χ4n) is 3.90. The molecule has 2 N–H and O–H groups in total. The Hall–Kier alpha value is -0.610. The lowest BCUT2D eigenvalue weighted by molar-refractivity contribution is -0.147. The number of rotatable bonds is 8. The SMILES string of the molecule is CCCNC1(C(=O)O)CCCC(N(CC)CC2CCC2)C1. The van der Waals surface area contributed by atoms with Crippen LogP contribution < -0.4 is 5.32 Å². The first-order valence-electron chi connectivity index (χ1n) is 8.83. The molecule has 122 valence electrons. The fraction of sp³-hybridized carbons (Fsp3) is 0.941. The van der Waals surface area contributed by atoms with Gasteiger partial charge in [-0.15, -0.1) is 0 Å². The molecule has 0 aromatic carbocycles. The summed E-state index contributed by atoms with van der Waals surface area (Å²) in [6.45, 7) is 7.33. The number of hydrogen-bond donors (Lipinski definition) is 2. The van der Waals surface area contributed by atoms with Crippen LogP contribution in [0.5, 0.6) is 0 Å². The van der Waals surface area contributed by atoms with Crippen molar-refractivity contribution in [3.05, 3.63) is 0 Å². The van der Waals surface area contributed by atoms with E-state index >= 15 is 0 Å². The van der Waals surface area contributed by atoms with Crippen LogP contribution in [0.1, 0.15) is 65.2 Å². The molecule has 2 aliphatic rings. The second kappa shape index (κ2) is 7.59. The lowest BCUT2D eigenvalue weighted by atomic mass is 9.77. The van der Waals surface area contributed by atoms with Crippen molar-refractivity contribution in [1.29, 1.82) is 0 Å². The Morgan fingerprint density at radius 3 is 2.57 bits per heavy atom. The van der Waals surface area contributed by atoms with E-state index in [1.807, 2.05) is 0 Å². The summed E-state index contributed by atoms with van der Waals surface area (Å²) in [5.41, 5.74) is -0.689. The third-order valence-electron chi connectivity index (χ3n) is 5.49. The summed E-state index contributed by atoms with van der Waals surface area (Å²) in [7, 11) is 0. The predicted octanol–water partition coefficient (Wildman–Crippen LogP) is 2.87. The summed E-state index contributed by atoms with van der Waals surface area (Å²) >= 11 is 0. The molecule has 2 saturated carbocycles. The first-order valence-corrected chi connectivity index (χ1v) is 8.83. The molecule has 0 radical (unpaired) electrons. The van der Waals surface area contributed by atoms with Gasteiger partial charge >= 0.3 is 5.97 Å². The minimum Gasteiger partial charge on any atom is -0.480 e. The Bertz CT molecular complexity index is 344. The van der Waals surface area contributed by atoms with Gasteiger partial charge in [0.1, 0.15) is 5.54 Å². The normalized spacial score (nSPS) is 30.3. The van der Waals surface area contributed by atoms with Crippen molar-refractivity contribution in [2.45, 2.75) is 76.8 Å². The van der Waals surface area contributed by atoms with E-state index in [-0.39, 0.29) is 0 Å². The first kappa shape index (κ1) is 16.8. The van der Waals surface area contributed by atoms with Crippen molar-refractivity contribution in [1.82, 2.24) is 10.2 Å². The number of nitrogens with one attached hydrogen (secondary N) is 1. The lowest BCUT2D eigenvalue weighted by Crippen LogP contribution is -2.59. The molecule has 0 spiro atoms. The van der Waals surface area contributed by atoms with E-state index < -0.39 is 11.5 Å². The van der Waals surface area contributed by atoms with Gasteiger partial charge in [0.15, 0.2) is 0 Å². The average molecular weight is 296 g/mol. The Balaban J connectivity index is 2.00. The zero-order valence-corrected chi connectivity index (χ0v) is 13.7. The number of carboxylic acids is 1. The Kier molecular flexibility index (Phi) is 6.06. The molecule has 2 rings (SSSR count). The summed E-state index contributed by atoms with van der Waals surface area (Å²) in [4.78, 5) is 14.4. The maximum atomic E-state index is 11.8. The number of carbonyl (C=O) groups is 1. The van der Waals surface area contributed by atoms with Gasteiger partial charge in [-0.05, 0) is 64.0 Å². The van der Waals surface area contributed by atoms with Crippen molar-refractivity contribution in [3.8, 4) is 0 Å². The summed E-state index contributed by atoms with van der Waals surface area (Å²) in [6, 6.07) is 0.435. The minimum absolute atomic E-state index is 0.435. The van der Waals surface area contributed by atoms with E-state index in [0.29, 0.717) is 6.04 Å². The van der Waals surface area contributed by atoms with Crippen LogP contribution in [0.3, 0.4) is 0 Å². The summed E-state index contributed by atoms with van der Waals surface area (Å²) in [5, 5.41) is 13.1. The quantitative estimate of drug-likeness (QED) is 0.723. The third kappa shape index (κ3) is 3.98. The highest BCUT2D eigenvalue weighted by Crippen LogP contribution is 2.34. The third-order valence-corrected chi connectivity index (χ3v) is 5.49. The number of nitrogens with zero attached hydrogens (tertiary/aromatic N) is 1. The molecule has 4 nitrogen and oxygen atoms in total. The van der Waals surface area contributed by atoms with Gasteiger partial charge in [-0.1, -0.05) is 20.3 Å². The van der Waals surface area contributed by atoms with Gasteiger partial charge in [0, 0.05) is 12.6 Å². The van der Waals surface area contributed by atoms with Crippen molar-refractivity contribution < 1.29 is 9.90 Å². The zero-order chi connectivity index (χ0) is 15.3. The summed E-state index contributed by atoms with van der Waals surface area (Å²) in [5.74, 6) is 0.204. The predicted molar refractivity (Wildman–Crippen MR) is 85.5 cm³/mol. The Labute approximate surface area is 129 Å². The molecule has 0 heterocycles. The molecule has 0 aliphatic heterocycles. The van der Waals surface area contributed by atoms with E-state index in [4.69, 9.17) is 0 Å². The highest BCUT2D eigenvalue weighted by molar-refractivity contribution is 5.79. The molecule has 2 fully saturated rings. The summed E-state index contributed by atoms with van der Waals surface area (Å²) < 4.78 is 0. The van der Waals surface area contributed by atoms with E-state index in [1.54, 1.807) is 0 Å². The second-order valence-corrected chi connectivity index (χ2v) is 6.95. The molecule has 2 atom stereocenters. The van der Waals surface area contributed by atoms with Crippen molar-refractivity contribution in [2.24, 2.45) is 5.92 Å². The molecular weight excluding hydrogens is 264 g/mol. The van der Waals surface area contributed by atoms with Crippen LogP contribution in [-0.2, 0) is 4.79 Å². The molecular formula is C17H32N2O2. The number of carboxylic acid groups (broad SMARTS) is 1. The van der Waals surface area contributed by atoms with Gasteiger partial charge in [-0.2, -0.15) is 0 Å². The van der Waals surface area contributed by atoms with Gasteiger partial charge in [0.05, 0.1) is 0 Å². The molecule has 21 heavy (non-hydrogen) atoms. The molecule has 0 saturated heterocycles. The average Bonchev–Trinajstić information content (AvgIpc) is 2.44. The smallest absolute Gasteiger partial charge is 0.323 e. The van der Waals surface area contributed by atoms with Gasteiger partial charge in [-0.3, -0.25) is 4.79 Å². The second-order valence-electron chi connectivity index (χ2n) is 6.95. The van der Waals surface area contributed by atoms with E-state index in [0.717, 1.165) is 51.1 Å². The minimum atomic E-state index is -0.689. The van der Waals surface area contributed by atoms with Crippen LogP contribution in [0, 0.1) is 5.92 Å². The van der Waals surface area contributed by atoms with E-state index in [9.17, 15) is 9.90 Å². The first-order chi connectivity index (χ1) is 10.1. The highest BCUT2D eigenvalue weighted by Gasteiger charge is 2.43. The van der Waals surface area contributed by atoms with Crippen molar-refractivity contribution in [2.75, 3.05) is 19.6 Å². The zero-order valence-electron chi connectivity index (χ0n) is 13.7. The highest BCUT2D eigenvalue weighted by atomic mass is 16.4. The standard InChI is InChI=1S/C17H32N2O2/c1-3-11-18-17(16(20)21)10-6-9-15(12-17)19(4-2)13-14-7-5-8-14/h14-15,18H,3-13H2,1-2H3,(H,20,21). The molecule has 2 unspecified atom stereocenters. The van der Waals surface area contributed by atoms with Gasteiger partial charge in [0.2, 0.25) is 0 Å². The molecule has 2 aliphatic carbocycles. The molecule has 4 heteroatoms. The summed E-state index contributed by atoms with van der Waals surface area (Å²) in [6.07, 6.45) is 8.81. The molecule has 0 aromatic rings. The Morgan fingerprint density at radius 1 is 1.29 bits per heavy atom. The topological polar surface area (TPSA) is 52.6 Å². The van der Waals surface area contributed by atoms with E-state index in [1.165, 1.54) is 25.8 Å². The van der Waals surface area contributed by atoms with E-state index in [2.05, 4.69) is 24.1 Å². The maximum absolute atomic E-state index is 11.8. The van der Waals surface area contributed by atoms with Crippen LogP contribution in [0.15, 0.2) is 0 Å². The van der Waals surface area contributed by atoms with Crippen LogP contribution in [0.4, 0.5) is 0 Å². The number of aliphatic carboxylic acids is 1. The monoisotopic (exact) mass is 296 g/mol. The van der Waals surface area contributed by atoms with Gasteiger partial charge in [-0.25, -0.2) is 0 Å². The maximum Gasteiger partial charge on any atom is 0.323 e.